The second-order valence-electron chi connectivity index (χ2n) is 6.93. The van der Waals surface area contributed by atoms with E-state index in [9.17, 15) is 4.79 Å². The highest BCUT2D eigenvalue weighted by Crippen LogP contribution is 2.31. The molecule has 6 nitrogen and oxygen atoms in total. The fraction of sp³-hybridized carbons (Fsp3) is 0.0952. The normalized spacial score (nSPS) is 12.7. The quantitative estimate of drug-likeness (QED) is 0.384. The van der Waals surface area contributed by atoms with Crippen molar-refractivity contribution >= 4 is 50.3 Å². The number of hydrogen-bond donors (Lipinski definition) is 1. The Morgan fingerprint density at radius 2 is 1.93 bits per heavy atom. The Kier molecular flexibility index (Phi) is 4.63. The highest BCUT2D eigenvalue weighted by Gasteiger charge is 2.17. The van der Waals surface area contributed by atoms with Gasteiger partial charge in [0, 0.05) is 45.3 Å². The smallest absolute Gasteiger partial charge is 0.265 e. The average Bonchev–Trinajstić information content (AvgIpc) is 3.36. The van der Waals surface area contributed by atoms with E-state index in [4.69, 9.17) is 28.9 Å². The van der Waals surface area contributed by atoms with E-state index in [0.29, 0.717) is 26.9 Å². The lowest BCUT2D eigenvalue weighted by atomic mass is 10.1. The summed E-state index contributed by atoms with van der Waals surface area (Å²) in [6.07, 6.45) is 3.36. The lowest BCUT2D eigenvalue weighted by Crippen LogP contribution is -2.25. The van der Waals surface area contributed by atoms with E-state index in [1.165, 1.54) is 11.3 Å². The summed E-state index contributed by atoms with van der Waals surface area (Å²) in [5.74, 6) is 0. The van der Waals surface area contributed by atoms with Crippen molar-refractivity contribution in [3.05, 3.63) is 80.4 Å². The van der Waals surface area contributed by atoms with Crippen molar-refractivity contribution in [1.82, 2.24) is 19.2 Å². The van der Waals surface area contributed by atoms with Gasteiger partial charge in [0.05, 0.1) is 16.6 Å². The number of fused-ring (bicyclic) bond motifs is 2. The lowest BCUT2D eigenvalue weighted by Gasteiger charge is -2.17. The molecule has 0 unspecified atom stereocenters. The molecule has 0 saturated carbocycles. The zero-order chi connectivity index (χ0) is 21.0. The van der Waals surface area contributed by atoms with Gasteiger partial charge < -0.3 is 5.73 Å². The van der Waals surface area contributed by atoms with E-state index >= 15 is 0 Å². The molecule has 9 heteroatoms. The maximum Gasteiger partial charge on any atom is 0.265 e. The number of nitrogens with two attached hydrogens (primary N) is 1. The van der Waals surface area contributed by atoms with E-state index in [1.54, 1.807) is 32.9 Å². The van der Waals surface area contributed by atoms with Crippen molar-refractivity contribution in [2.75, 3.05) is 0 Å². The Balaban J connectivity index is 1.67. The largest absolute Gasteiger partial charge is 0.323 e. The first kappa shape index (κ1) is 19.3. The van der Waals surface area contributed by atoms with Crippen LogP contribution >= 0.6 is 34.5 Å². The number of hydrogen-bond acceptors (Lipinski definition) is 5. The minimum absolute atomic E-state index is 0.184. The highest BCUT2D eigenvalue weighted by molar-refractivity contribution is 7.17. The molecule has 30 heavy (non-hydrogen) atoms. The second kappa shape index (κ2) is 7.21. The van der Waals surface area contributed by atoms with E-state index < -0.39 is 0 Å². The van der Waals surface area contributed by atoms with Crippen LogP contribution in [-0.2, 0) is 0 Å². The number of pyridine rings is 1. The Labute approximate surface area is 185 Å². The maximum absolute atomic E-state index is 13.2. The molecule has 5 rings (SSSR count). The van der Waals surface area contributed by atoms with Crippen LogP contribution in [0.2, 0.25) is 10.2 Å². The highest BCUT2D eigenvalue weighted by atomic mass is 35.5. The molecule has 0 aliphatic rings. The molecule has 0 radical (unpaired) electrons. The van der Waals surface area contributed by atoms with Crippen molar-refractivity contribution in [2.24, 2.45) is 5.73 Å². The molecule has 0 amide bonds. The first-order valence-corrected chi connectivity index (χ1v) is 10.8. The first-order valence-electron chi connectivity index (χ1n) is 9.13. The van der Waals surface area contributed by atoms with Crippen molar-refractivity contribution < 1.29 is 0 Å². The number of thiophene rings is 1. The minimum Gasteiger partial charge on any atom is -0.323 e. The lowest BCUT2D eigenvalue weighted by molar-refractivity contribution is 0.735. The molecule has 0 bridgehead atoms. The molecule has 0 fully saturated rings. The zero-order valence-corrected chi connectivity index (χ0v) is 18.0. The number of nitrogens with zero attached hydrogens (tertiary/aromatic N) is 4. The van der Waals surface area contributed by atoms with Crippen molar-refractivity contribution in [3.63, 3.8) is 0 Å². The number of benzene rings is 1. The third-order valence-corrected chi connectivity index (χ3v) is 6.71. The van der Waals surface area contributed by atoms with Crippen LogP contribution in [0.3, 0.4) is 0 Å². The van der Waals surface area contributed by atoms with Crippen molar-refractivity contribution in [2.45, 2.75) is 13.0 Å². The molecule has 150 valence electrons. The van der Waals surface area contributed by atoms with Gasteiger partial charge in [-0.3, -0.25) is 9.36 Å². The van der Waals surface area contributed by atoms with E-state index in [-0.39, 0.29) is 11.6 Å². The summed E-state index contributed by atoms with van der Waals surface area (Å²) < 4.78 is 4.03. The number of rotatable bonds is 3. The van der Waals surface area contributed by atoms with Gasteiger partial charge in [-0.15, -0.1) is 11.3 Å². The van der Waals surface area contributed by atoms with Crippen molar-refractivity contribution in [3.8, 4) is 16.8 Å². The summed E-state index contributed by atoms with van der Waals surface area (Å²) in [7, 11) is 0. The second-order valence-corrected chi connectivity index (χ2v) is 8.61. The van der Waals surface area contributed by atoms with Crippen molar-refractivity contribution in [1.29, 1.82) is 0 Å². The Morgan fingerprint density at radius 3 is 2.67 bits per heavy atom. The molecule has 2 N–H and O–H groups in total. The van der Waals surface area contributed by atoms with Gasteiger partial charge in [0.1, 0.15) is 5.15 Å². The third kappa shape index (κ3) is 2.94. The van der Waals surface area contributed by atoms with Crippen LogP contribution in [0.25, 0.3) is 32.5 Å². The topological polar surface area (TPSA) is 78.2 Å². The molecule has 1 aromatic carbocycles. The van der Waals surface area contributed by atoms with Gasteiger partial charge in [-0.05, 0) is 30.7 Å². The standard InChI is InChI=1S/C21H15Cl2N5OS/c1-11(24)16-8-17-19(15(22)10-30-17)21(29)27(16)13-4-2-12(3-5-13)14-9-25-18-6-7-26-28(18)20(14)23/h2-11H,24H2,1H3/t11-/m0/s1. The van der Waals surface area contributed by atoms with Crippen LogP contribution in [0, 0.1) is 0 Å². The molecule has 4 aromatic heterocycles. The third-order valence-electron chi connectivity index (χ3n) is 4.99. The first-order chi connectivity index (χ1) is 14.5. The van der Waals surface area contributed by atoms with Crippen LogP contribution in [0.5, 0.6) is 0 Å². The Bertz CT molecular complexity index is 1470. The number of halogens is 2. The summed E-state index contributed by atoms with van der Waals surface area (Å²) in [4.78, 5) is 17.6. The monoisotopic (exact) mass is 455 g/mol. The molecule has 0 aliphatic heterocycles. The van der Waals surface area contributed by atoms with Gasteiger partial charge in [0.25, 0.3) is 5.56 Å². The Hall–Kier alpha value is -2.71. The molecule has 1 atom stereocenters. The predicted molar refractivity (Wildman–Crippen MR) is 122 cm³/mol. The van der Waals surface area contributed by atoms with Crippen LogP contribution in [-0.4, -0.2) is 19.2 Å². The molecule has 4 heterocycles. The summed E-state index contributed by atoms with van der Waals surface area (Å²) in [5, 5.41) is 7.39. The summed E-state index contributed by atoms with van der Waals surface area (Å²) >= 11 is 14.2. The SMILES string of the molecule is C[C@H](N)c1cc2scc(Cl)c2c(=O)n1-c1ccc(-c2cnc3ccnn3c2Cl)cc1. The van der Waals surface area contributed by atoms with Gasteiger partial charge in [-0.25, -0.2) is 9.50 Å². The minimum atomic E-state index is -0.330. The van der Waals surface area contributed by atoms with Crippen LogP contribution in [0.15, 0.2) is 59.0 Å². The molecule has 5 aromatic rings. The summed E-state index contributed by atoms with van der Waals surface area (Å²) in [6.45, 7) is 1.85. The van der Waals surface area contributed by atoms with Crippen LogP contribution in [0.1, 0.15) is 18.7 Å². The fourth-order valence-corrected chi connectivity index (χ4v) is 5.03. The van der Waals surface area contributed by atoms with Gasteiger partial charge in [0.2, 0.25) is 0 Å². The van der Waals surface area contributed by atoms with Crippen LogP contribution < -0.4 is 11.3 Å². The van der Waals surface area contributed by atoms with E-state index in [1.807, 2.05) is 37.3 Å². The fourth-order valence-electron chi connectivity index (χ4n) is 3.52. The van der Waals surface area contributed by atoms with E-state index in [2.05, 4.69) is 10.1 Å². The van der Waals surface area contributed by atoms with Gasteiger partial charge >= 0.3 is 0 Å². The molecule has 0 saturated heterocycles. The molecular formula is C21H15Cl2N5OS. The van der Waals surface area contributed by atoms with Crippen LogP contribution in [0.4, 0.5) is 0 Å². The molecule has 0 aliphatic carbocycles. The van der Waals surface area contributed by atoms with Gasteiger partial charge in [0.15, 0.2) is 5.65 Å². The zero-order valence-electron chi connectivity index (χ0n) is 15.7. The molecule has 0 spiro atoms. The Morgan fingerprint density at radius 1 is 1.17 bits per heavy atom. The summed E-state index contributed by atoms with van der Waals surface area (Å²) in [5.41, 5.74) is 9.69. The number of aromatic nitrogens is 4. The van der Waals surface area contributed by atoms with E-state index in [0.717, 1.165) is 21.5 Å². The molecular weight excluding hydrogens is 441 g/mol. The maximum atomic E-state index is 13.2. The van der Waals surface area contributed by atoms with Gasteiger partial charge in [-0.1, -0.05) is 35.3 Å². The van der Waals surface area contributed by atoms with Gasteiger partial charge in [-0.2, -0.15) is 5.10 Å². The predicted octanol–water partition coefficient (Wildman–Crippen LogP) is 5.09. The average molecular weight is 456 g/mol. The summed E-state index contributed by atoms with van der Waals surface area (Å²) in [6, 6.07) is 10.9.